The third kappa shape index (κ3) is 5.56. The number of rotatable bonds is 5. The number of hydrogen-bond acceptors (Lipinski definition) is 3. The minimum absolute atomic E-state index is 0.104. The van der Waals surface area contributed by atoms with Crippen molar-refractivity contribution in [2.75, 3.05) is 0 Å². The Morgan fingerprint density at radius 1 is 0.787 bits per heavy atom. The molecule has 3 heterocycles. The molecule has 0 N–H and O–H groups in total. The Morgan fingerprint density at radius 3 is 2.30 bits per heavy atom. The lowest BCUT2D eigenvalue weighted by Crippen LogP contribution is -2.25. The van der Waals surface area contributed by atoms with Gasteiger partial charge < -0.3 is 4.74 Å². The van der Waals surface area contributed by atoms with Crippen LogP contribution in [0.1, 0.15) is 82.0 Å². The van der Waals surface area contributed by atoms with Crippen molar-refractivity contribution in [2.24, 2.45) is 11.8 Å². The summed E-state index contributed by atoms with van der Waals surface area (Å²) in [6, 6.07) is 25.5. The molecule has 3 aromatic heterocycles. The lowest BCUT2D eigenvalue weighted by molar-refractivity contribution is 0.385. The van der Waals surface area contributed by atoms with Crippen LogP contribution in [0.2, 0.25) is 0 Å². The predicted molar refractivity (Wildman–Crippen MR) is 195 cm³/mol. The van der Waals surface area contributed by atoms with E-state index in [1.165, 1.54) is 39.6 Å². The van der Waals surface area contributed by atoms with E-state index in [0.29, 0.717) is 17.8 Å². The highest BCUT2D eigenvalue weighted by Crippen LogP contribution is 2.46. The molecule has 5 heteroatoms. The fourth-order valence-electron chi connectivity index (χ4n) is 8.07. The normalized spacial score (nSPS) is 18.6. The van der Waals surface area contributed by atoms with Crippen molar-refractivity contribution in [2.45, 2.75) is 80.1 Å². The molecule has 7 rings (SSSR count). The highest BCUT2D eigenvalue weighted by molar-refractivity contribution is 6.09. The Hall–Kier alpha value is -4.64. The maximum atomic E-state index is 6.68. The van der Waals surface area contributed by atoms with Crippen LogP contribution in [0, 0.1) is 32.6 Å². The number of pyridine rings is 1. The molecule has 1 aliphatic rings. The molecular formula is C42H46N4O. The van der Waals surface area contributed by atoms with Crippen LogP contribution in [0.4, 0.5) is 0 Å². The molecule has 240 valence electrons. The number of ether oxygens (including phenoxy) is 1. The van der Waals surface area contributed by atoms with Crippen molar-refractivity contribution < 1.29 is 4.74 Å². The van der Waals surface area contributed by atoms with Crippen LogP contribution < -0.4 is 4.74 Å². The molecule has 0 saturated heterocycles. The quantitative estimate of drug-likeness (QED) is 0.180. The van der Waals surface area contributed by atoms with Crippen molar-refractivity contribution in [3.8, 4) is 23.0 Å². The molecule has 0 aliphatic heterocycles. The first-order chi connectivity index (χ1) is 22.4. The smallest absolute Gasteiger partial charge is 0.137 e. The molecule has 5 nitrogen and oxygen atoms in total. The van der Waals surface area contributed by atoms with Crippen molar-refractivity contribution in [1.29, 1.82) is 0 Å². The average molecular weight is 623 g/mol. The van der Waals surface area contributed by atoms with E-state index >= 15 is 0 Å². The largest absolute Gasteiger partial charge is 0.457 e. The van der Waals surface area contributed by atoms with Crippen molar-refractivity contribution >= 4 is 21.8 Å². The number of hydrogen-bond donors (Lipinski definition) is 0. The molecule has 0 amide bonds. The Labute approximate surface area is 278 Å². The number of benzene rings is 3. The van der Waals surface area contributed by atoms with E-state index in [1.54, 1.807) is 0 Å². The van der Waals surface area contributed by atoms with Gasteiger partial charge in [-0.2, -0.15) is 5.10 Å². The van der Waals surface area contributed by atoms with E-state index in [2.05, 4.69) is 144 Å². The number of aromatic nitrogens is 4. The van der Waals surface area contributed by atoms with Crippen LogP contribution in [-0.4, -0.2) is 19.3 Å². The molecule has 3 atom stereocenters. The van der Waals surface area contributed by atoms with E-state index in [-0.39, 0.29) is 5.41 Å². The second kappa shape index (κ2) is 11.6. The SMILES string of the molecule is CC1=C[C@H](C)C[C@H](C)C1c1c(C)nn(-c2cc(C)cc(Oc3ccc4c5ccccc5n(-c5cc(C)ccn5)c4c3)c2)c1C(C)(C)C. The Bertz CT molecular complexity index is 2170. The van der Waals surface area contributed by atoms with Crippen molar-refractivity contribution in [3.63, 3.8) is 0 Å². The van der Waals surface area contributed by atoms with E-state index < -0.39 is 0 Å². The van der Waals surface area contributed by atoms with Gasteiger partial charge in [0.2, 0.25) is 0 Å². The Morgan fingerprint density at radius 2 is 1.55 bits per heavy atom. The number of fused-ring (bicyclic) bond motifs is 3. The summed E-state index contributed by atoms with van der Waals surface area (Å²) in [6.07, 6.45) is 5.54. The summed E-state index contributed by atoms with van der Waals surface area (Å²) in [6.45, 7) is 20.4. The first kappa shape index (κ1) is 31.0. The Balaban J connectivity index is 1.33. The Kier molecular flexibility index (Phi) is 7.62. The van der Waals surface area contributed by atoms with Crippen molar-refractivity contribution in [1.82, 2.24) is 19.3 Å². The number of aryl methyl sites for hydroxylation is 3. The lowest BCUT2D eigenvalue weighted by atomic mass is 9.70. The van der Waals surface area contributed by atoms with Gasteiger partial charge in [0.25, 0.3) is 0 Å². The van der Waals surface area contributed by atoms with Gasteiger partial charge in [-0.15, -0.1) is 0 Å². The summed E-state index contributed by atoms with van der Waals surface area (Å²) in [4.78, 5) is 4.75. The van der Waals surface area contributed by atoms with E-state index in [4.69, 9.17) is 14.8 Å². The third-order valence-electron chi connectivity index (χ3n) is 9.77. The molecular weight excluding hydrogens is 576 g/mol. The van der Waals surface area contributed by atoms with Gasteiger partial charge in [-0.05, 0) is 99.5 Å². The summed E-state index contributed by atoms with van der Waals surface area (Å²) >= 11 is 0. The maximum absolute atomic E-state index is 6.68. The van der Waals surface area contributed by atoms with Crippen LogP contribution in [0.15, 0.2) is 90.6 Å². The van der Waals surface area contributed by atoms with Crippen molar-refractivity contribution in [3.05, 3.63) is 119 Å². The minimum Gasteiger partial charge on any atom is -0.457 e. The highest BCUT2D eigenvalue weighted by Gasteiger charge is 2.36. The van der Waals surface area contributed by atoms with Crippen LogP contribution in [0.3, 0.4) is 0 Å². The van der Waals surface area contributed by atoms with Crippen LogP contribution in [0.25, 0.3) is 33.3 Å². The standard InChI is InChI=1S/C42H46N4O/c1-25-16-17-43-38(22-25)45-36-13-11-10-12-34(36)35-15-14-32(24-37(35)45)47-33-21-27(3)20-31(23-33)46-41(42(7,8)9)40(30(6)44-46)39-28(4)18-26(2)19-29(39)5/h10-18,20-24,26,29,39H,19H2,1-9H3/t26-,29-,39?/m0/s1. The summed E-state index contributed by atoms with van der Waals surface area (Å²) < 4.78 is 11.1. The monoisotopic (exact) mass is 622 g/mol. The summed E-state index contributed by atoms with van der Waals surface area (Å²) in [5.41, 5.74) is 10.7. The van der Waals surface area contributed by atoms with Crippen LogP contribution in [0.5, 0.6) is 11.5 Å². The molecule has 0 fully saturated rings. The molecule has 0 spiro atoms. The van der Waals surface area contributed by atoms with Crippen LogP contribution >= 0.6 is 0 Å². The number of para-hydroxylation sites is 1. The number of allylic oxidation sites excluding steroid dienone is 2. The van der Waals surface area contributed by atoms with Gasteiger partial charge in [-0.25, -0.2) is 9.67 Å². The third-order valence-corrected chi connectivity index (χ3v) is 9.77. The van der Waals surface area contributed by atoms with Gasteiger partial charge in [0.1, 0.15) is 17.3 Å². The zero-order chi connectivity index (χ0) is 33.2. The molecule has 1 unspecified atom stereocenters. The van der Waals surface area contributed by atoms with Gasteiger partial charge in [-0.3, -0.25) is 4.57 Å². The van der Waals surface area contributed by atoms with Gasteiger partial charge in [0.05, 0.1) is 28.1 Å². The zero-order valence-electron chi connectivity index (χ0n) is 29.2. The van der Waals surface area contributed by atoms with E-state index in [9.17, 15) is 0 Å². The summed E-state index contributed by atoms with van der Waals surface area (Å²) in [5.74, 6) is 4.02. The molecule has 0 saturated carbocycles. The van der Waals surface area contributed by atoms with Gasteiger partial charge in [-0.1, -0.05) is 64.5 Å². The number of nitrogens with zero attached hydrogens (tertiary/aromatic N) is 4. The van der Waals surface area contributed by atoms with Gasteiger partial charge in [0.15, 0.2) is 0 Å². The van der Waals surface area contributed by atoms with Gasteiger partial charge >= 0.3 is 0 Å². The van der Waals surface area contributed by atoms with E-state index in [0.717, 1.165) is 45.3 Å². The second-order valence-electron chi connectivity index (χ2n) is 14.9. The summed E-state index contributed by atoms with van der Waals surface area (Å²) in [7, 11) is 0. The lowest BCUT2D eigenvalue weighted by Gasteiger charge is -2.34. The first-order valence-electron chi connectivity index (χ1n) is 16.9. The molecule has 0 radical (unpaired) electrons. The molecule has 47 heavy (non-hydrogen) atoms. The minimum atomic E-state index is -0.104. The first-order valence-corrected chi connectivity index (χ1v) is 16.9. The molecule has 3 aromatic carbocycles. The van der Waals surface area contributed by atoms with E-state index in [1.807, 2.05) is 12.3 Å². The fraction of sp³-hybridized carbons (Fsp3) is 0.333. The topological polar surface area (TPSA) is 44.9 Å². The van der Waals surface area contributed by atoms with Gasteiger partial charge in [0, 0.05) is 46.0 Å². The predicted octanol–water partition coefficient (Wildman–Crippen LogP) is 11.1. The molecule has 1 aliphatic carbocycles. The molecule has 0 bridgehead atoms. The maximum Gasteiger partial charge on any atom is 0.137 e. The van der Waals surface area contributed by atoms with Crippen LogP contribution in [-0.2, 0) is 5.41 Å². The average Bonchev–Trinajstić information content (AvgIpc) is 3.51. The zero-order valence-corrected chi connectivity index (χ0v) is 29.2. The highest BCUT2D eigenvalue weighted by atomic mass is 16.5. The fourth-order valence-corrected chi connectivity index (χ4v) is 8.07. The molecule has 6 aromatic rings. The summed E-state index contributed by atoms with van der Waals surface area (Å²) in [5, 5.41) is 7.61. The second-order valence-corrected chi connectivity index (χ2v) is 14.9.